The molecule has 1 aromatic heterocycles. The minimum absolute atomic E-state index is 0.102. The topological polar surface area (TPSA) is 16.4 Å². The number of benzene rings is 6. The van der Waals surface area contributed by atoms with Crippen molar-refractivity contribution in [1.29, 1.82) is 0 Å². The molecule has 2 spiro atoms. The van der Waals surface area contributed by atoms with Crippen molar-refractivity contribution in [2.24, 2.45) is 29.1 Å². The number of hydrogen-bond acceptors (Lipinski definition) is 2. The molecule has 0 amide bonds. The maximum Gasteiger partial charge on any atom is 0.159 e. The van der Waals surface area contributed by atoms with E-state index in [0.29, 0.717) is 5.41 Å². The summed E-state index contributed by atoms with van der Waals surface area (Å²) in [6, 6.07) is 48.7. The van der Waals surface area contributed by atoms with Gasteiger partial charge in [0.1, 0.15) is 5.58 Å². The maximum atomic E-state index is 6.71. The number of anilines is 3. The summed E-state index contributed by atoms with van der Waals surface area (Å²) in [5.41, 5.74) is 18.2. The fourth-order valence-corrected chi connectivity index (χ4v) is 14.4. The van der Waals surface area contributed by atoms with Gasteiger partial charge in [-0.15, -0.1) is 0 Å². The van der Waals surface area contributed by atoms with Gasteiger partial charge in [0.25, 0.3) is 0 Å². The van der Waals surface area contributed by atoms with E-state index in [0.717, 1.165) is 57.0 Å². The van der Waals surface area contributed by atoms with Crippen LogP contribution >= 0.6 is 0 Å². The fourth-order valence-electron chi connectivity index (χ4n) is 14.4. The van der Waals surface area contributed by atoms with Crippen molar-refractivity contribution in [2.45, 2.75) is 82.5 Å². The van der Waals surface area contributed by atoms with E-state index < -0.39 is 0 Å². The summed E-state index contributed by atoms with van der Waals surface area (Å²) in [6.45, 7) is 9.67. The van der Waals surface area contributed by atoms with Crippen molar-refractivity contribution in [3.8, 4) is 22.3 Å². The van der Waals surface area contributed by atoms with Crippen LogP contribution in [0.1, 0.15) is 88.5 Å². The van der Waals surface area contributed by atoms with Crippen LogP contribution in [0.25, 0.3) is 44.2 Å². The molecule has 56 heavy (non-hydrogen) atoms. The summed E-state index contributed by atoms with van der Waals surface area (Å²) in [5, 5.41) is 2.31. The second-order valence-electron chi connectivity index (χ2n) is 20.0. The van der Waals surface area contributed by atoms with Gasteiger partial charge in [0.05, 0.1) is 5.69 Å². The van der Waals surface area contributed by atoms with Gasteiger partial charge in [0, 0.05) is 27.6 Å². The van der Waals surface area contributed by atoms with Crippen LogP contribution in [0.4, 0.5) is 17.1 Å². The van der Waals surface area contributed by atoms with Crippen molar-refractivity contribution in [2.75, 3.05) is 4.90 Å². The molecule has 6 aliphatic rings. The maximum absolute atomic E-state index is 6.71. The summed E-state index contributed by atoms with van der Waals surface area (Å²) in [6.07, 6.45) is 8.27. The molecule has 2 heteroatoms. The summed E-state index contributed by atoms with van der Waals surface area (Å²) in [5.74, 6) is 3.59. The zero-order valence-corrected chi connectivity index (χ0v) is 33.0. The van der Waals surface area contributed by atoms with E-state index >= 15 is 0 Å². The van der Waals surface area contributed by atoms with Crippen LogP contribution in [-0.2, 0) is 16.2 Å². The van der Waals surface area contributed by atoms with E-state index in [-0.39, 0.29) is 16.2 Å². The first kappa shape index (κ1) is 32.1. The molecule has 6 aromatic carbocycles. The third-order valence-corrected chi connectivity index (χ3v) is 16.8. The van der Waals surface area contributed by atoms with Crippen molar-refractivity contribution >= 4 is 39.0 Å². The Kier molecular flexibility index (Phi) is 5.98. The fraction of sp³-hybridized carbons (Fsp3) is 0.333. The van der Waals surface area contributed by atoms with E-state index in [4.69, 9.17) is 4.42 Å². The van der Waals surface area contributed by atoms with Gasteiger partial charge in [-0.2, -0.15) is 0 Å². The van der Waals surface area contributed by atoms with Gasteiger partial charge < -0.3 is 9.32 Å². The summed E-state index contributed by atoms with van der Waals surface area (Å²) in [7, 11) is 0. The number of rotatable bonds is 4. The van der Waals surface area contributed by atoms with E-state index in [1.54, 1.807) is 11.1 Å². The molecule has 0 radical (unpaired) electrons. The van der Waals surface area contributed by atoms with Crippen LogP contribution in [0.5, 0.6) is 0 Å². The first-order chi connectivity index (χ1) is 27.2. The molecular formula is C54H49NO. The Morgan fingerprint density at radius 2 is 1.27 bits per heavy atom. The molecule has 6 unspecified atom stereocenters. The molecule has 1 heterocycles. The van der Waals surface area contributed by atoms with E-state index in [1.807, 2.05) is 0 Å². The summed E-state index contributed by atoms with van der Waals surface area (Å²) in [4.78, 5) is 2.44. The molecule has 6 atom stereocenters. The molecule has 6 aliphatic carbocycles. The first-order valence-electron chi connectivity index (χ1n) is 21.4. The monoisotopic (exact) mass is 727 g/mol. The average molecular weight is 728 g/mol. The molecule has 4 fully saturated rings. The van der Waals surface area contributed by atoms with Gasteiger partial charge in [0.15, 0.2) is 5.58 Å². The van der Waals surface area contributed by atoms with Gasteiger partial charge in [-0.1, -0.05) is 113 Å². The Morgan fingerprint density at radius 1 is 0.554 bits per heavy atom. The van der Waals surface area contributed by atoms with Crippen LogP contribution in [0, 0.1) is 29.1 Å². The van der Waals surface area contributed by atoms with Crippen molar-refractivity contribution in [3.63, 3.8) is 0 Å². The molecule has 4 saturated carbocycles. The lowest BCUT2D eigenvalue weighted by molar-refractivity contribution is -0.231. The van der Waals surface area contributed by atoms with Crippen molar-refractivity contribution < 1.29 is 4.42 Å². The predicted octanol–water partition coefficient (Wildman–Crippen LogP) is 14.4. The van der Waals surface area contributed by atoms with Gasteiger partial charge >= 0.3 is 0 Å². The second-order valence-corrected chi connectivity index (χ2v) is 20.0. The molecule has 0 saturated heterocycles. The number of nitrogens with zero attached hydrogens (tertiary/aromatic N) is 1. The zero-order valence-electron chi connectivity index (χ0n) is 33.0. The summed E-state index contributed by atoms with van der Waals surface area (Å²) >= 11 is 0. The Morgan fingerprint density at radius 3 is 2.12 bits per heavy atom. The Bertz CT molecular complexity index is 2820. The summed E-state index contributed by atoms with van der Waals surface area (Å²) < 4.78 is 6.71. The molecular weight excluding hydrogens is 679 g/mol. The molecule has 13 rings (SSSR count). The average Bonchev–Trinajstić information content (AvgIpc) is 3.95. The highest BCUT2D eigenvalue weighted by molar-refractivity contribution is 6.10. The van der Waals surface area contributed by atoms with Crippen LogP contribution < -0.4 is 4.90 Å². The third-order valence-electron chi connectivity index (χ3n) is 16.8. The lowest BCUT2D eigenvalue weighted by Gasteiger charge is -2.76. The SMILES string of the molecule is CC1(C)CCC(C)(C)c2cc(N(c3ccc(-c4ccc5c(c4)C4(c6ccccc6-5)C5CC6CC7CC4C75C6)cc3)c3cccc4c3oc3ccccc34)ccc21. The number of furan rings is 1. The standard InChI is InChI=1S/C54H49NO/c1-51(2)24-25-52(3,4)45-30-37(21-23-43(45)51)55(46-14-9-12-41-40-11-6-8-15-47(40)56-50(41)46)36-19-16-33(17-20-36)34-18-22-39-38-10-5-7-13-42(38)54(44(39)28-34)48-27-32-26-35-29-49(54)53(35,48)31-32/h5-23,28,30,32,35,48-49H,24-27,29,31H2,1-4H3. The van der Waals surface area contributed by atoms with Crippen LogP contribution in [0.3, 0.4) is 0 Å². The highest BCUT2D eigenvalue weighted by Crippen LogP contribution is 2.89. The zero-order chi connectivity index (χ0) is 37.3. The highest BCUT2D eigenvalue weighted by Gasteiger charge is 2.84. The minimum Gasteiger partial charge on any atom is -0.454 e. The van der Waals surface area contributed by atoms with Gasteiger partial charge in [-0.25, -0.2) is 0 Å². The molecule has 0 N–H and O–H groups in total. The predicted molar refractivity (Wildman–Crippen MR) is 230 cm³/mol. The van der Waals surface area contributed by atoms with Crippen LogP contribution in [0.2, 0.25) is 0 Å². The largest absolute Gasteiger partial charge is 0.454 e. The minimum atomic E-state index is 0.102. The lowest BCUT2D eigenvalue weighted by atomic mass is 9.27. The van der Waals surface area contributed by atoms with Gasteiger partial charge in [0.2, 0.25) is 0 Å². The number of hydrogen-bond donors (Lipinski definition) is 0. The Balaban J connectivity index is 0.948. The second kappa shape index (κ2) is 10.5. The number of fused-ring (bicyclic) bond motifs is 12. The van der Waals surface area contributed by atoms with Gasteiger partial charge in [-0.05, 0) is 165 Å². The molecule has 7 aromatic rings. The Hall–Kier alpha value is -5.08. The van der Waals surface area contributed by atoms with Crippen molar-refractivity contribution in [3.05, 3.63) is 150 Å². The quantitative estimate of drug-likeness (QED) is 0.179. The molecule has 2 nitrogen and oxygen atoms in total. The smallest absolute Gasteiger partial charge is 0.159 e. The van der Waals surface area contributed by atoms with E-state index in [9.17, 15) is 0 Å². The molecule has 0 aliphatic heterocycles. The third kappa shape index (κ3) is 3.76. The molecule has 276 valence electrons. The van der Waals surface area contributed by atoms with Gasteiger partial charge in [-0.3, -0.25) is 0 Å². The molecule has 2 bridgehead atoms. The normalized spacial score (nSPS) is 29.1. The van der Waals surface area contributed by atoms with Crippen LogP contribution in [-0.4, -0.2) is 0 Å². The van der Waals surface area contributed by atoms with Crippen molar-refractivity contribution in [1.82, 2.24) is 0 Å². The van der Waals surface area contributed by atoms with E-state index in [2.05, 4.69) is 160 Å². The Labute approximate surface area is 330 Å². The van der Waals surface area contributed by atoms with E-state index in [1.165, 1.54) is 77.6 Å². The first-order valence-corrected chi connectivity index (χ1v) is 21.4. The highest BCUT2D eigenvalue weighted by atomic mass is 16.3. The number of para-hydroxylation sites is 2. The lowest BCUT2D eigenvalue weighted by Crippen LogP contribution is -2.73. The van der Waals surface area contributed by atoms with Crippen LogP contribution in [0.15, 0.2) is 132 Å².